The van der Waals surface area contributed by atoms with E-state index in [1.807, 2.05) is 31.2 Å². The van der Waals surface area contributed by atoms with Crippen molar-refractivity contribution in [2.75, 3.05) is 6.61 Å². The Morgan fingerprint density at radius 1 is 1.25 bits per heavy atom. The van der Waals surface area contributed by atoms with E-state index in [0.717, 1.165) is 11.3 Å². The van der Waals surface area contributed by atoms with E-state index in [-0.39, 0.29) is 11.8 Å². The van der Waals surface area contributed by atoms with E-state index in [4.69, 9.17) is 14.9 Å². The van der Waals surface area contributed by atoms with Crippen LogP contribution in [-0.2, 0) is 0 Å². The zero-order valence-electron chi connectivity index (χ0n) is 15.1. The fourth-order valence-electron chi connectivity index (χ4n) is 3.49. The number of hydrogen-bond acceptors (Lipinski definition) is 5. The smallest absolute Gasteiger partial charge is 0.244 e. The Kier molecular flexibility index (Phi) is 4.53. The molecule has 3 aromatic rings. The predicted octanol–water partition coefficient (Wildman–Crippen LogP) is 4.26. The third kappa shape index (κ3) is 2.89. The summed E-state index contributed by atoms with van der Waals surface area (Å²) >= 11 is 0. The first-order chi connectivity index (χ1) is 13.6. The molecule has 0 bridgehead atoms. The maximum atomic E-state index is 14.6. The van der Waals surface area contributed by atoms with Crippen LogP contribution in [0.15, 0.2) is 48.5 Å². The lowest BCUT2D eigenvalue weighted by atomic mass is 9.78. The average Bonchev–Trinajstić information content (AvgIpc) is 3.12. The van der Waals surface area contributed by atoms with E-state index in [9.17, 15) is 9.65 Å². The summed E-state index contributed by atoms with van der Waals surface area (Å²) in [4.78, 5) is 0. The summed E-state index contributed by atoms with van der Waals surface area (Å²) in [6, 6.07) is 15.7. The van der Waals surface area contributed by atoms with Gasteiger partial charge in [0.15, 0.2) is 0 Å². The quantitative estimate of drug-likeness (QED) is 0.711. The molecule has 1 aromatic heterocycles. The van der Waals surface area contributed by atoms with Crippen LogP contribution in [0.2, 0.25) is 0 Å². The van der Waals surface area contributed by atoms with Crippen molar-refractivity contribution in [1.29, 1.82) is 10.7 Å². The number of H-pyrrole nitrogens is 1. The molecule has 2 unspecified atom stereocenters. The molecule has 1 aliphatic rings. The van der Waals surface area contributed by atoms with Crippen molar-refractivity contribution in [3.63, 3.8) is 0 Å². The fourth-order valence-corrected chi connectivity index (χ4v) is 3.49. The highest BCUT2D eigenvalue weighted by atomic mass is 19.1. The highest BCUT2D eigenvalue weighted by molar-refractivity contribution is 5.86. The number of nitrogens with one attached hydrogen (secondary N) is 2. The SMILES string of the molecule is CCOc1ccc(-c2[nH]nc3c2C(c2ccccc2F)C(C#N)C(=N)O3)cc1. The van der Waals surface area contributed by atoms with Crippen molar-refractivity contribution in [3.8, 4) is 29.0 Å². The highest BCUT2D eigenvalue weighted by Gasteiger charge is 2.41. The number of hydrogen-bond donors (Lipinski definition) is 2. The second-order valence-electron chi connectivity index (χ2n) is 6.35. The number of aromatic amines is 1. The van der Waals surface area contributed by atoms with Crippen molar-refractivity contribution in [2.45, 2.75) is 12.8 Å². The van der Waals surface area contributed by atoms with Crippen LogP contribution in [0.5, 0.6) is 11.6 Å². The molecule has 140 valence electrons. The van der Waals surface area contributed by atoms with Gasteiger partial charge in [0.25, 0.3) is 0 Å². The Bertz CT molecular complexity index is 1070. The van der Waals surface area contributed by atoms with E-state index in [2.05, 4.69) is 16.3 Å². The second kappa shape index (κ2) is 7.16. The summed E-state index contributed by atoms with van der Waals surface area (Å²) in [7, 11) is 0. The molecule has 0 aliphatic carbocycles. The Morgan fingerprint density at radius 3 is 2.68 bits per heavy atom. The lowest BCUT2D eigenvalue weighted by Gasteiger charge is -2.28. The summed E-state index contributed by atoms with van der Waals surface area (Å²) in [5, 5.41) is 24.8. The van der Waals surface area contributed by atoms with E-state index >= 15 is 0 Å². The largest absolute Gasteiger partial charge is 0.494 e. The molecule has 2 atom stereocenters. The van der Waals surface area contributed by atoms with Gasteiger partial charge in [-0.25, -0.2) is 4.39 Å². The van der Waals surface area contributed by atoms with Crippen LogP contribution in [0.4, 0.5) is 4.39 Å². The molecule has 6 nitrogen and oxygen atoms in total. The molecule has 2 aromatic carbocycles. The third-order valence-electron chi connectivity index (χ3n) is 4.74. The van der Waals surface area contributed by atoms with Gasteiger partial charge in [-0.05, 0) is 42.8 Å². The van der Waals surface area contributed by atoms with Crippen molar-refractivity contribution in [3.05, 3.63) is 65.5 Å². The molecule has 7 heteroatoms. The molecular weight excluding hydrogens is 359 g/mol. The molecular formula is C21H17FN4O2. The molecule has 0 spiro atoms. The topological polar surface area (TPSA) is 94.8 Å². The molecule has 1 aliphatic heterocycles. The van der Waals surface area contributed by atoms with Gasteiger partial charge < -0.3 is 9.47 Å². The van der Waals surface area contributed by atoms with Crippen LogP contribution < -0.4 is 9.47 Å². The molecule has 2 heterocycles. The molecule has 0 amide bonds. The molecule has 2 N–H and O–H groups in total. The van der Waals surface area contributed by atoms with Crippen LogP contribution in [-0.4, -0.2) is 22.7 Å². The van der Waals surface area contributed by atoms with Gasteiger partial charge in [0.1, 0.15) is 17.5 Å². The number of aromatic nitrogens is 2. The Labute approximate surface area is 161 Å². The monoisotopic (exact) mass is 376 g/mol. The van der Waals surface area contributed by atoms with Crippen molar-refractivity contribution in [2.24, 2.45) is 5.92 Å². The van der Waals surface area contributed by atoms with Crippen LogP contribution in [0.1, 0.15) is 24.0 Å². The minimum absolute atomic E-state index is 0.189. The zero-order chi connectivity index (χ0) is 19.7. The maximum Gasteiger partial charge on any atom is 0.244 e. The van der Waals surface area contributed by atoms with Gasteiger partial charge in [0, 0.05) is 11.5 Å². The molecule has 0 saturated heterocycles. The van der Waals surface area contributed by atoms with Crippen molar-refractivity contribution >= 4 is 5.90 Å². The summed E-state index contributed by atoms with van der Waals surface area (Å²) in [5.41, 5.74) is 2.32. The summed E-state index contributed by atoms with van der Waals surface area (Å²) < 4.78 is 25.6. The van der Waals surface area contributed by atoms with Crippen molar-refractivity contribution < 1.29 is 13.9 Å². The van der Waals surface area contributed by atoms with Crippen molar-refractivity contribution in [1.82, 2.24) is 10.2 Å². The maximum absolute atomic E-state index is 14.6. The Morgan fingerprint density at radius 2 is 2.00 bits per heavy atom. The first kappa shape index (κ1) is 17.7. The van der Waals surface area contributed by atoms with Gasteiger partial charge in [-0.2, -0.15) is 5.26 Å². The van der Waals surface area contributed by atoms with Gasteiger partial charge in [-0.15, -0.1) is 5.10 Å². The molecule has 4 rings (SSSR count). The number of ether oxygens (including phenoxy) is 2. The summed E-state index contributed by atoms with van der Waals surface area (Å²) in [5.74, 6) is -1.42. The van der Waals surface area contributed by atoms with Crippen LogP contribution in [0, 0.1) is 28.5 Å². The highest BCUT2D eigenvalue weighted by Crippen LogP contribution is 2.46. The van der Waals surface area contributed by atoms with E-state index < -0.39 is 17.7 Å². The first-order valence-corrected chi connectivity index (χ1v) is 8.85. The average molecular weight is 376 g/mol. The van der Waals surface area contributed by atoms with Crippen LogP contribution >= 0.6 is 0 Å². The summed E-state index contributed by atoms with van der Waals surface area (Å²) in [6.45, 7) is 2.47. The van der Waals surface area contributed by atoms with Gasteiger partial charge >= 0.3 is 0 Å². The van der Waals surface area contributed by atoms with E-state index in [0.29, 0.717) is 23.4 Å². The number of fused-ring (bicyclic) bond motifs is 1. The Balaban J connectivity index is 1.88. The van der Waals surface area contributed by atoms with E-state index in [1.165, 1.54) is 6.07 Å². The van der Waals surface area contributed by atoms with Gasteiger partial charge in [-0.1, -0.05) is 18.2 Å². The number of nitrogens with zero attached hydrogens (tertiary/aromatic N) is 2. The van der Waals surface area contributed by atoms with Gasteiger partial charge in [0.05, 0.1) is 23.9 Å². The number of nitriles is 1. The molecule has 28 heavy (non-hydrogen) atoms. The lowest BCUT2D eigenvalue weighted by molar-refractivity contribution is 0.340. The first-order valence-electron chi connectivity index (χ1n) is 8.85. The van der Waals surface area contributed by atoms with Crippen LogP contribution in [0.25, 0.3) is 11.3 Å². The Hall–Kier alpha value is -3.66. The van der Waals surface area contributed by atoms with Crippen LogP contribution in [0.3, 0.4) is 0 Å². The molecule has 0 radical (unpaired) electrons. The molecule has 0 saturated carbocycles. The number of benzene rings is 2. The standard InChI is InChI=1S/C21H17FN4O2/c1-2-27-13-9-7-12(8-10-13)19-18-17(14-5-3-4-6-16(14)22)15(11-23)20(24)28-21(18)26-25-19/h3-10,15,17,24H,2H2,1H3,(H,25,26). The van der Waals surface area contributed by atoms with E-state index in [1.54, 1.807) is 18.2 Å². The lowest BCUT2D eigenvalue weighted by Crippen LogP contribution is -2.31. The third-order valence-corrected chi connectivity index (χ3v) is 4.74. The fraction of sp³-hybridized carbons (Fsp3) is 0.190. The number of halogens is 1. The van der Waals surface area contributed by atoms with Gasteiger partial charge in [-0.3, -0.25) is 10.5 Å². The molecule has 0 fully saturated rings. The second-order valence-corrected chi connectivity index (χ2v) is 6.35. The minimum atomic E-state index is -0.955. The minimum Gasteiger partial charge on any atom is -0.494 e. The zero-order valence-corrected chi connectivity index (χ0v) is 15.1. The summed E-state index contributed by atoms with van der Waals surface area (Å²) in [6.07, 6.45) is 0. The normalized spacial score (nSPS) is 18.1. The number of rotatable bonds is 4. The predicted molar refractivity (Wildman–Crippen MR) is 101 cm³/mol. The van der Waals surface area contributed by atoms with Gasteiger partial charge in [0.2, 0.25) is 11.8 Å².